The molecule has 5 heteroatoms. The van der Waals surface area contributed by atoms with Crippen LogP contribution in [0.5, 0.6) is 0 Å². The number of hydrogen-bond acceptors (Lipinski definition) is 5. The van der Waals surface area contributed by atoms with Crippen LogP contribution in [0.1, 0.15) is 32.4 Å². The second-order valence-electron chi connectivity index (χ2n) is 5.33. The molecule has 1 fully saturated rings. The van der Waals surface area contributed by atoms with Gasteiger partial charge < -0.3 is 20.1 Å². The molecule has 0 radical (unpaired) electrons. The van der Waals surface area contributed by atoms with E-state index in [0.717, 1.165) is 12.4 Å². The van der Waals surface area contributed by atoms with Gasteiger partial charge >= 0.3 is 0 Å². The van der Waals surface area contributed by atoms with Gasteiger partial charge in [0.15, 0.2) is 0 Å². The first-order chi connectivity index (χ1) is 9.67. The summed E-state index contributed by atoms with van der Waals surface area (Å²) in [5, 5.41) is 12.8. The van der Waals surface area contributed by atoms with Crippen LogP contribution >= 0.6 is 0 Å². The molecule has 2 rings (SSSR count). The molecule has 0 bridgehead atoms. The fourth-order valence-electron chi connectivity index (χ4n) is 2.63. The second-order valence-corrected chi connectivity index (χ2v) is 5.33. The van der Waals surface area contributed by atoms with Crippen LogP contribution in [0.3, 0.4) is 0 Å². The standard InChI is InChI=1S/C15H25N3O2/c1-4-16-12(3)14-6-5-7-17-15(14)18-8-13(9-19)20-10-11(18)2/h5-7,11-13,16,19H,4,8-10H2,1-3H3. The number of morpholine rings is 1. The third kappa shape index (κ3) is 3.29. The first-order valence-corrected chi connectivity index (χ1v) is 7.34. The average Bonchev–Trinajstić information content (AvgIpc) is 2.48. The normalized spacial score (nSPS) is 24.7. The Morgan fingerprint density at radius 3 is 3.10 bits per heavy atom. The van der Waals surface area contributed by atoms with E-state index in [2.05, 4.69) is 42.0 Å². The highest BCUT2D eigenvalue weighted by Crippen LogP contribution is 2.27. The summed E-state index contributed by atoms with van der Waals surface area (Å²) in [5.74, 6) is 0.996. The highest BCUT2D eigenvalue weighted by atomic mass is 16.5. The maximum Gasteiger partial charge on any atom is 0.133 e. The zero-order chi connectivity index (χ0) is 14.5. The summed E-state index contributed by atoms with van der Waals surface area (Å²) in [4.78, 5) is 6.82. The fraction of sp³-hybridized carbons (Fsp3) is 0.667. The van der Waals surface area contributed by atoms with Crippen molar-refractivity contribution < 1.29 is 9.84 Å². The number of nitrogens with one attached hydrogen (secondary N) is 1. The molecule has 0 amide bonds. The minimum atomic E-state index is -0.129. The van der Waals surface area contributed by atoms with Gasteiger partial charge in [-0.05, 0) is 26.5 Å². The van der Waals surface area contributed by atoms with Crippen molar-refractivity contribution in [2.24, 2.45) is 0 Å². The summed E-state index contributed by atoms with van der Waals surface area (Å²) in [5.41, 5.74) is 1.19. The van der Waals surface area contributed by atoms with E-state index in [1.165, 1.54) is 5.56 Å². The quantitative estimate of drug-likeness (QED) is 0.852. The molecule has 1 aromatic heterocycles. The lowest BCUT2D eigenvalue weighted by atomic mass is 10.1. The van der Waals surface area contributed by atoms with E-state index in [0.29, 0.717) is 13.2 Å². The molecule has 112 valence electrons. The van der Waals surface area contributed by atoms with Crippen LogP contribution in [0.2, 0.25) is 0 Å². The Morgan fingerprint density at radius 2 is 2.40 bits per heavy atom. The molecule has 5 nitrogen and oxygen atoms in total. The van der Waals surface area contributed by atoms with Crippen molar-refractivity contribution in [1.82, 2.24) is 10.3 Å². The number of aromatic nitrogens is 1. The summed E-state index contributed by atoms with van der Waals surface area (Å²) < 4.78 is 5.60. The summed E-state index contributed by atoms with van der Waals surface area (Å²) in [6.45, 7) is 8.66. The molecule has 1 saturated heterocycles. The van der Waals surface area contributed by atoms with Crippen molar-refractivity contribution in [3.63, 3.8) is 0 Å². The summed E-state index contributed by atoms with van der Waals surface area (Å²) >= 11 is 0. The number of ether oxygens (including phenoxy) is 1. The molecule has 2 N–H and O–H groups in total. The Hall–Kier alpha value is -1.17. The second kappa shape index (κ2) is 7.02. The molecule has 1 aliphatic rings. The first kappa shape index (κ1) is 15.2. The fourth-order valence-corrected chi connectivity index (χ4v) is 2.63. The van der Waals surface area contributed by atoms with Gasteiger partial charge in [-0.15, -0.1) is 0 Å². The van der Waals surface area contributed by atoms with Crippen molar-refractivity contribution in [1.29, 1.82) is 0 Å². The molecule has 0 aromatic carbocycles. The van der Waals surface area contributed by atoms with Crippen LogP contribution in [-0.4, -0.2) is 48.5 Å². The third-order valence-electron chi connectivity index (χ3n) is 3.77. The molecule has 3 atom stereocenters. The maximum absolute atomic E-state index is 9.32. The number of nitrogens with zero attached hydrogens (tertiary/aromatic N) is 2. The highest BCUT2D eigenvalue weighted by molar-refractivity contribution is 5.49. The molecule has 2 heterocycles. The minimum absolute atomic E-state index is 0.0498. The van der Waals surface area contributed by atoms with E-state index >= 15 is 0 Å². The van der Waals surface area contributed by atoms with Gasteiger partial charge in [0.25, 0.3) is 0 Å². The molecular formula is C15H25N3O2. The number of anilines is 1. The van der Waals surface area contributed by atoms with Crippen LogP contribution < -0.4 is 10.2 Å². The lowest BCUT2D eigenvalue weighted by Crippen LogP contribution is -2.50. The van der Waals surface area contributed by atoms with Gasteiger partial charge in [0.1, 0.15) is 5.82 Å². The number of hydrogen-bond donors (Lipinski definition) is 2. The van der Waals surface area contributed by atoms with Gasteiger partial charge in [-0.3, -0.25) is 0 Å². The molecule has 1 aromatic rings. The number of pyridine rings is 1. The summed E-state index contributed by atoms with van der Waals surface area (Å²) in [6.07, 6.45) is 1.70. The minimum Gasteiger partial charge on any atom is -0.394 e. The van der Waals surface area contributed by atoms with Gasteiger partial charge in [0.2, 0.25) is 0 Å². The molecule has 0 saturated carbocycles. The maximum atomic E-state index is 9.32. The topological polar surface area (TPSA) is 57.6 Å². The van der Waals surface area contributed by atoms with Gasteiger partial charge in [0, 0.05) is 24.3 Å². The number of aliphatic hydroxyl groups is 1. The number of aliphatic hydroxyl groups excluding tert-OH is 1. The van der Waals surface area contributed by atoms with Crippen LogP contribution in [-0.2, 0) is 4.74 Å². The van der Waals surface area contributed by atoms with Crippen molar-refractivity contribution in [3.8, 4) is 0 Å². The molecular weight excluding hydrogens is 254 g/mol. The Bertz CT molecular complexity index is 427. The third-order valence-corrected chi connectivity index (χ3v) is 3.77. The van der Waals surface area contributed by atoms with Crippen LogP contribution in [0, 0.1) is 0 Å². The van der Waals surface area contributed by atoms with E-state index < -0.39 is 0 Å². The van der Waals surface area contributed by atoms with E-state index in [1.54, 1.807) is 0 Å². The predicted octanol–water partition coefficient (Wildman–Crippen LogP) is 1.34. The predicted molar refractivity (Wildman–Crippen MR) is 80.0 cm³/mol. The highest BCUT2D eigenvalue weighted by Gasteiger charge is 2.28. The van der Waals surface area contributed by atoms with Crippen molar-refractivity contribution in [2.75, 3.05) is 31.2 Å². The van der Waals surface area contributed by atoms with Crippen molar-refractivity contribution >= 4 is 5.82 Å². The van der Waals surface area contributed by atoms with Crippen molar-refractivity contribution in [3.05, 3.63) is 23.9 Å². The molecule has 0 aliphatic carbocycles. The molecule has 3 unspecified atom stereocenters. The molecule has 0 spiro atoms. The van der Waals surface area contributed by atoms with Gasteiger partial charge in [0.05, 0.1) is 25.4 Å². The largest absolute Gasteiger partial charge is 0.394 e. The van der Waals surface area contributed by atoms with Gasteiger partial charge in [-0.1, -0.05) is 13.0 Å². The molecule has 1 aliphatic heterocycles. The SMILES string of the molecule is CCNC(C)c1cccnc1N1CC(CO)OCC1C. The first-order valence-electron chi connectivity index (χ1n) is 7.34. The van der Waals surface area contributed by atoms with E-state index in [9.17, 15) is 5.11 Å². The molecule has 20 heavy (non-hydrogen) atoms. The zero-order valence-corrected chi connectivity index (χ0v) is 12.5. The van der Waals surface area contributed by atoms with Gasteiger partial charge in [-0.25, -0.2) is 4.98 Å². The zero-order valence-electron chi connectivity index (χ0n) is 12.5. The number of rotatable bonds is 5. The Balaban J connectivity index is 2.26. The van der Waals surface area contributed by atoms with Crippen molar-refractivity contribution in [2.45, 2.75) is 39.0 Å². The Morgan fingerprint density at radius 1 is 1.60 bits per heavy atom. The monoisotopic (exact) mass is 279 g/mol. The smallest absolute Gasteiger partial charge is 0.133 e. The van der Waals surface area contributed by atoms with Crippen LogP contribution in [0.25, 0.3) is 0 Å². The Kier molecular flexibility index (Phi) is 5.34. The lowest BCUT2D eigenvalue weighted by Gasteiger charge is -2.39. The van der Waals surface area contributed by atoms with E-state index in [-0.39, 0.29) is 24.8 Å². The van der Waals surface area contributed by atoms with Crippen LogP contribution in [0.15, 0.2) is 18.3 Å². The Labute approximate surface area is 121 Å². The lowest BCUT2D eigenvalue weighted by molar-refractivity contribution is -0.0106. The average molecular weight is 279 g/mol. The van der Waals surface area contributed by atoms with Crippen LogP contribution in [0.4, 0.5) is 5.82 Å². The van der Waals surface area contributed by atoms with E-state index in [1.807, 2.05) is 12.3 Å². The van der Waals surface area contributed by atoms with E-state index in [4.69, 9.17) is 4.74 Å². The summed E-state index contributed by atoms with van der Waals surface area (Å²) in [6, 6.07) is 4.61. The summed E-state index contributed by atoms with van der Waals surface area (Å²) in [7, 11) is 0. The van der Waals surface area contributed by atoms with Gasteiger partial charge in [-0.2, -0.15) is 0 Å².